The third-order valence-electron chi connectivity index (χ3n) is 4.45. The molecule has 0 spiro atoms. The highest BCUT2D eigenvalue weighted by Gasteiger charge is 2.17. The van der Waals surface area contributed by atoms with Crippen LogP contribution < -0.4 is 15.5 Å². The number of rotatable bonds is 7. The SMILES string of the molecule is CC(=O)Nc1cccc(/C(C)=N\NC(=O)c2cccc(S(=O)(=O)Nc3ccccc3Cl)c2)c1. The maximum Gasteiger partial charge on any atom is 0.271 e. The largest absolute Gasteiger partial charge is 0.326 e. The Morgan fingerprint density at radius 2 is 1.58 bits per heavy atom. The standard InChI is InChI=1S/C23H21ClN4O4S/c1-15(17-7-5-9-19(13-17)25-16(2)29)26-27-23(30)18-8-6-10-20(14-18)33(31,32)28-22-12-4-3-11-21(22)24/h3-14,28H,1-2H3,(H,25,29)(H,27,30)/b26-15-. The fraction of sp³-hybridized carbons (Fsp3) is 0.0870. The first-order chi connectivity index (χ1) is 15.7. The molecule has 0 aliphatic rings. The molecule has 170 valence electrons. The summed E-state index contributed by atoms with van der Waals surface area (Å²) in [5.41, 5.74) is 4.56. The number of para-hydroxylation sites is 1. The van der Waals surface area contributed by atoms with Gasteiger partial charge in [-0.3, -0.25) is 14.3 Å². The number of nitrogens with zero attached hydrogens (tertiary/aromatic N) is 1. The molecule has 33 heavy (non-hydrogen) atoms. The van der Waals surface area contributed by atoms with Crippen LogP contribution in [-0.4, -0.2) is 25.9 Å². The lowest BCUT2D eigenvalue weighted by Gasteiger charge is -2.10. The molecule has 0 radical (unpaired) electrons. The zero-order chi connectivity index (χ0) is 24.0. The quantitative estimate of drug-likeness (QED) is 0.343. The van der Waals surface area contributed by atoms with Gasteiger partial charge in [0.05, 0.1) is 21.3 Å². The summed E-state index contributed by atoms with van der Waals surface area (Å²) >= 11 is 6.03. The number of carbonyl (C=O) groups excluding carboxylic acids is 2. The normalized spacial score (nSPS) is 11.5. The molecule has 3 N–H and O–H groups in total. The number of amides is 2. The second kappa shape index (κ2) is 10.3. The number of hydrogen-bond donors (Lipinski definition) is 3. The number of carbonyl (C=O) groups is 2. The van der Waals surface area contributed by atoms with Gasteiger partial charge in [-0.05, 0) is 55.0 Å². The molecule has 0 saturated carbocycles. The van der Waals surface area contributed by atoms with Gasteiger partial charge in [0.15, 0.2) is 0 Å². The smallest absolute Gasteiger partial charge is 0.271 e. The minimum absolute atomic E-state index is 0.0984. The van der Waals surface area contributed by atoms with Gasteiger partial charge in [0.1, 0.15) is 0 Å². The van der Waals surface area contributed by atoms with E-state index in [0.717, 1.165) is 0 Å². The maximum absolute atomic E-state index is 12.7. The van der Waals surface area contributed by atoms with Crippen molar-refractivity contribution in [3.8, 4) is 0 Å². The molecule has 0 aromatic heterocycles. The van der Waals surface area contributed by atoms with Gasteiger partial charge in [0.25, 0.3) is 15.9 Å². The summed E-state index contributed by atoms with van der Waals surface area (Å²) in [6, 6.07) is 19.0. The Kier molecular flexibility index (Phi) is 7.47. The van der Waals surface area contributed by atoms with E-state index < -0.39 is 15.9 Å². The van der Waals surface area contributed by atoms with Gasteiger partial charge >= 0.3 is 0 Å². The van der Waals surface area contributed by atoms with Crippen molar-refractivity contribution in [3.63, 3.8) is 0 Å². The van der Waals surface area contributed by atoms with Gasteiger partial charge in [-0.25, -0.2) is 13.8 Å². The molecule has 0 heterocycles. The zero-order valence-electron chi connectivity index (χ0n) is 17.8. The average molecular weight is 485 g/mol. The van der Waals surface area contributed by atoms with Crippen LogP contribution in [0.3, 0.4) is 0 Å². The lowest BCUT2D eigenvalue weighted by Crippen LogP contribution is -2.20. The third kappa shape index (κ3) is 6.41. The number of benzene rings is 3. The Morgan fingerprint density at radius 1 is 0.879 bits per heavy atom. The molecule has 8 nitrogen and oxygen atoms in total. The maximum atomic E-state index is 12.7. The van der Waals surface area contributed by atoms with Crippen LogP contribution in [0, 0.1) is 0 Å². The summed E-state index contributed by atoms with van der Waals surface area (Å²) in [6.45, 7) is 3.10. The Hall–Kier alpha value is -3.69. The molecule has 0 aliphatic carbocycles. The summed E-state index contributed by atoms with van der Waals surface area (Å²) in [5, 5.41) is 7.02. The van der Waals surface area contributed by atoms with Gasteiger partial charge in [0.2, 0.25) is 5.91 Å². The molecule has 0 saturated heterocycles. The molecule has 0 atom stereocenters. The fourth-order valence-electron chi connectivity index (χ4n) is 2.84. The van der Waals surface area contributed by atoms with Crippen LogP contribution in [0.4, 0.5) is 11.4 Å². The number of halogens is 1. The monoisotopic (exact) mass is 484 g/mol. The molecule has 0 unspecified atom stereocenters. The molecule has 0 fully saturated rings. The Morgan fingerprint density at radius 3 is 2.30 bits per heavy atom. The number of nitrogens with one attached hydrogen (secondary N) is 3. The van der Waals surface area contributed by atoms with Gasteiger partial charge in [-0.1, -0.05) is 41.9 Å². The summed E-state index contributed by atoms with van der Waals surface area (Å²) in [7, 11) is -3.97. The van der Waals surface area contributed by atoms with Crippen molar-refractivity contribution in [2.24, 2.45) is 5.10 Å². The summed E-state index contributed by atoms with van der Waals surface area (Å²) in [5.74, 6) is -0.781. The number of sulfonamides is 1. The van der Waals surface area contributed by atoms with E-state index >= 15 is 0 Å². The molecule has 3 aromatic rings. The van der Waals surface area contributed by atoms with Gasteiger partial charge < -0.3 is 5.32 Å². The van der Waals surface area contributed by atoms with E-state index in [1.54, 1.807) is 49.4 Å². The van der Waals surface area contributed by atoms with Gasteiger partial charge in [0, 0.05) is 18.2 Å². The van der Waals surface area contributed by atoms with Crippen molar-refractivity contribution in [1.29, 1.82) is 0 Å². The highest BCUT2D eigenvalue weighted by molar-refractivity contribution is 7.92. The molecule has 10 heteroatoms. The first-order valence-corrected chi connectivity index (χ1v) is 11.6. The molecule has 0 bridgehead atoms. The van der Waals surface area contributed by atoms with E-state index in [-0.39, 0.29) is 27.1 Å². The summed E-state index contributed by atoms with van der Waals surface area (Å²) in [6.07, 6.45) is 0. The van der Waals surface area contributed by atoms with Gasteiger partial charge in [-0.15, -0.1) is 0 Å². The van der Waals surface area contributed by atoms with E-state index in [2.05, 4.69) is 20.6 Å². The molecule has 3 rings (SSSR count). The summed E-state index contributed by atoms with van der Waals surface area (Å²) in [4.78, 5) is 23.7. The first kappa shape index (κ1) is 24.0. The van der Waals surface area contributed by atoms with Crippen LogP contribution >= 0.6 is 11.6 Å². The molecular formula is C23H21ClN4O4S. The minimum Gasteiger partial charge on any atom is -0.326 e. The molecular weight excluding hydrogens is 464 g/mol. The van der Waals surface area contributed by atoms with Crippen LogP contribution in [0.15, 0.2) is 82.8 Å². The highest BCUT2D eigenvalue weighted by atomic mass is 35.5. The highest BCUT2D eigenvalue weighted by Crippen LogP contribution is 2.24. The third-order valence-corrected chi connectivity index (χ3v) is 6.14. The van der Waals surface area contributed by atoms with Crippen molar-refractivity contribution in [3.05, 3.63) is 88.9 Å². The topological polar surface area (TPSA) is 117 Å². The number of anilines is 2. The van der Waals surface area contributed by atoms with Crippen molar-refractivity contribution < 1.29 is 18.0 Å². The average Bonchev–Trinajstić information content (AvgIpc) is 2.78. The van der Waals surface area contributed by atoms with Crippen LogP contribution in [0.25, 0.3) is 0 Å². The van der Waals surface area contributed by atoms with Crippen LogP contribution in [0.2, 0.25) is 5.02 Å². The Bertz CT molecular complexity index is 1340. The second-order valence-electron chi connectivity index (χ2n) is 7.01. The van der Waals surface area contributed by atoms with Crippen molar-refractivity contribution in [2.75, 3.05) is 10.0 Å². The lowest BCUT2D eigenvalue weighted by atomic mass is 10.1. The molecule has 2 amide bonds. The predicted molar refractivity (Wildman–Crippen MR) is 129 cm³/mol. The second-order valence-corrected chi connectivity index (χ2v) is 9.10. The van der Waals surface area contributed by atoms with E-state index in [1.165, 1.54) is 37.3 Å². The van der Waals surface area contributed by atoms with E-state index in [4.69, 9.17) is 11.6 Å². The zero-order valence-corrected chi connectivity index (χ0v) is 19.4. The van der Waals surface area contributed by atoms with E-state index in [9.17, 15) is 18.0 Å². The number of hydrazone groups is 1. The minimum atomic E-state index is -3.97. The van der Waals surface area contributed by atoms with Gasteiger partial charge in [-0.2, -0.15) is 5.10 Å². The Labute approximate surface area is 196 Å². The van der Waals surface area contributed by atoms with Crippen LogP contribution in [-0.2, 0) is 14.8 Å². The van der Waals surface area contributed by atoms with Crippen molar-refractivity contribution >= 4 is 50.5 Å². The van der Waals surface area contributed by atoms with Crippen LogP contribution in [0.1, 0.15) is 29.8 Å². The first-order valence-electron chi connectivity index (χ1n) is 9.76. The van der Waals surface area contributed by atoms with E-state index in [0.29, 0.717) is 17.0 Å². The predicted octanol–water partition coefficient (Wildman–Crippen LogP) is 4.25. The van der Waals surface area contributed by atoms with E-state index in [1.807, 2.05) is 0 Å². The number of hydrogen-bond acceptors (Lipinski definition) is 5. The summed E-state index contributed by atoms with van der Waals surface area (Å²) < 4.78 is 27.9. The fourth-order valence-corrected chi connectivity index (χ4v) is 4.21. The lowest BCUT2D eigenvalue weighted by molar-refractivity contribution is -0.114. The Balaban J connectivity index is 1.75. The van der Waals surface area contributed by atoms with Crippen LogP contribution in [0.5, 0.6) is 0 Å². The van der Waals surface area contributed by atoms with Crippen molar-refractivity contribution in [2.45, 2.75) is 18.7 Å². The molecule has 3 aromatic carbocycles. The van der Waals surface area contributed by atoms with Crippen molar-refractivity contribution in [1.82, 2.24) is 5.43 Å². The molecule has 0 aliphatic heterocycles.